The van der Waals surface area contributed by atoms with E-state index in [1.165, 1.54) is 12.5 Å². The first-order valence-electron chi connectivity index (χ1n) is 15.9. The molecule has 1 aliphatic carbocycles. The first kappa shape index (κ1) is 43.9. The number of hydrogen-bond acceptors (Lipinski definition) is 8. The molecule has 3 aromatic rings. The molecule has 1 heterocycles. The molecule has 1 amide bonds. The van der Waals surface area contributed by atoms with Crippen molar-refractivity contribution in [2.45, 2.75) is 69.8 Å². The highest BCUT2D eigenvalue weighted by atomic mass is 32.1. The lowest BCUT2D eigenvalue weighted by atomic mass is 9.94. The standard InChI is InChI=1S/C28H36F2N4O3S.2C2HF3O2/c29-22-8-6-19(18-23(22)30)10-13-31-15-12-25(36)34(21-4-2-1-3-5-21)17-16-32-14-11-20-7-9-24(35)26-27(20)38-28(37)33-26;2*3-2(4,5)1(6)7/h6-9,18,21,31-32,35H,1-5,10-17H2,(H,33,37);2*(H,6,7). The van der Waals surface area contributed by atoms with Gasteiger partial charge in [0, 0.05) is 32.1 Å². The number of thiazole rings is 1. The van der Waals surface area contributed by atoms with Crippen LogP contribution in [0.15, 0.2) is 35.1 Å². The van der Waals surface area contributed by atoms with Gasteiger partial charge in [0.2, 0.25) is 5.91 Å². The summed E-state index contributed by atoms with van der Waals surface area (Å²) in [5.41, 5.74) is 2.21. The maximum absolute atomic E-state index is 13.4. The van der Waals surface area contributed by atoms with Crippen molar-refractivity contribution in [2.75, 3.05) is 32.7 Å². The van der Waals surface area contributed by atoms with Crippen LogP contribution in [0.3, 0.4) is 0 Å². The number of nitrogens with zero attached hydrogens (tertiary/aromatic N) is 1. The second kappa shape index (κ2) is 20.7. The van der Waals surface area contributed by atoms with E-state index in [9.17, 15) is 49.8 Å². The number of halogens is 8. The smallest absolute Gasteiger partial charge is 0.490 e. The van der Waals surface area contributed by atoms with Gasteiger partial charge in [0.1, 0.15) is 11.3 Å². The van der Waals surface area contributed by atoms with Crippen LogP contribution < -0.4 is 15.5 Å². The predicted octanol–water partition coefficient (Wildman–Crippen LogP) is 5.36. The van der Waals surface area contributed by atoms with Gasteiger partial charge in [-0.05, 0) is 68.1 Å². The maximum Gasteiger partial charge on any atom is 0.490 e. The molecule has 1 fully saturated rings. The minimum absolute atomic E-state index is 0.0792. The number of phenols is 1. The molecule has 1 saturated carbocycles. The molecule has 4 rings (SSSR count). The van der Waals surface area contributed by atoms with Crippen LogP contribution in [0.4, 0.5) is 35.1 Å². The molecule has 0 spiro atoms. The van der Waals surface area contributed by atoms with Crippen molar-refractivity contribution in [1.29, 1.82) is 0 Å². The minimum Gasteiger partial charge on any atom is -0.506 e. The number of phenolic OH excluding ortho intramolecular Hbond substituents is 1. The number of amides is 1. The summed E-state index contributed by atoms with van der Waals surface area (Å²) < 4.78 is 90.7. The summed E-state index contributed by atoms with van der Waals surface area (Å²) in [6.45, 7) is 3.14. The van der Waals surface area contributed by atoms with Gasteiger partial charge in [-0.3, -0.25) is 9.59 Å². The summed E-state index contributed by atoms with van der Waals surface area (Å²) in [5, 5.41) is 30.9. The van der Waals surface area contributed by atoms with Crippen molar-refractivity contribution < 1.29 is 64.8 Å². The number of aliphatic carboxylic acids is 2. The molecule has 290 valence electrons. The SMILES string of the molecule is O=C(CCNCCc1ccc(F)c(F)c1)N(CCNCCc1ccc(O)c2[nH]c(=O)sc12)C1CCCCC1.O=C(O)C(F)(F)F.O=C(O)C(F)(F)F. The summed E-state index contributed by atoms with van der Waals surface area (Å²) in [6, 6.07) is 7.65. The number of fused-ring (bicyclic) bond motifs is 1. The number of carboxylic acids is 2. The van der Waals surface area contributed by atoms with Crippen LogP contribution >= 0.6 is 11.3 Å². The topological polar surface area (TPSA) is 172 Å². The lowest BCUT2D eigenvalue weighted by molar-refractivity contribution is -0.193. The van der Waals surface area contributed by atoms with Gasteiger partial charge in [-0.1, -0.05) is 42.7 Å². The largest absolute Gasteiger partial charge is 0.506 e. The Balaban J connectivity index is 0.000000564. The molecule has 0 radical (unpaired) electrons. The van der Waals surface area contributed by atoms with Crippen LogP contribution in [0.2, 0.25) is 0 Å². The number of carbonyl (C=O) groups excluding carboxylic acids is 1. The Bertz CT molecular complexity index is 1650. The van der Waals surface area contributed by atoms with E-state index in [2.05, 4.69) is 15.6 Å². The van der Waals surface area contributed by atoms with Gasteiger partial charge in [-0.25, -0.2) is 18.4 Å². The van der Waals surface area contributed by atoms with Crippen LogP contribution in [0, 0.1) is 11.6 Å². The molecule has 0 aliphatic heterocycles. The van der Waals surface area contributed by atoms with E-state index < -0.39 is 35.9 Å². The maximum atomic E-state index is 13.4. The Morgan fingerprint density at radius 3 is 1.98 bits per heavy atom. The predicted molar refractivity (Wildman–Crippen MR) is 174 cm³/mol. The van der Waals surface area contributed by atoms with E-state index in [-0.39, 0.29) is 22.6 Å². The summed E-state index contributed by atoms with van der Waals surface area (Å²) in [4.78, 5) is 47.2. The summed E-state index contributed by atoms with van der Waals surface area (Å²) in [5.74, 6) is -6.99. The summed E-state index contributed by atoms with van der Waals surface area (Å²) >= 11 is 1.11. The fourth-order valence-corrected chi connectivity index (χ4v) is 6.01. The zero-order chi connectivity index (χ0) is 39.1. The lowest BCUT2D eigenvalue weighted by Gasteiger charge is -2.34. The molecule has 20 heteroatoms. The fourth-order valence-electron chi connectivity index (χ4n) is 5.11. The molecular formula is C32H38F8N4O7S. The van der Waals surface area contributed by atoms with E-state index >= 15 is 0 Å². The number of aromatic nitrogens is 1. The Kier molecular flexibility index (Phi) is 17.4. The van der Waals surface area contributed by atoms with Gasteiger partial charge in [0.25, 0.3) is 0 Å². The number of rotatable bonds is 13. The van der Waals surface area contributed by atoms with Gasteiger partial charge >= 0.3 is 29.2 Å². The summed E-state index contributed by atoms with van der Waals surface area (Å²) in [7, 11) is 0. The zero-order valence-electron chi connectivity index (χ0n) is 27.5. The van der Waals surface area contributed by atoms with Crippen molar-refractivity contribution in [3.8, 4) is 5.75 Å². The summed E-state index contributed by atoms with van der Waals surface area (Å²) in [6.07, 6.45) is -2.92. The molecule has 1 aromatic heterocycles. The van der Waals surface area contributed by atoms with Gasteiger partial charge in [0.15, 0.2) is 11.6 Å². The van der Waals surface area contributed by atoms with Crippen molar-refractivity contribution in [1.82, 2.24) is 20.5 Å². The van der Waals surface area contributed by atoms with Crippen molar-refractivity contribution >= 4 is 39.4 Å². The Morgan fingerprint density at radius 1 is 0.827 bits per heavy atom. The van der Waals surface area contributed by atoms with E-state index in [1.807, 2.05) is 11.0 Å². The average molecular weight is 775 g/mol. The van der Waals surface area contributed by atoms with Crippen LogP contribution in [-0.2, 0) is 27.2 Å². The number of hydrogen-bond donors (Lipinski definition) is 6. The number of benzene rings is 2. The number of nitrogens with one attached hydrogen (secondary N) is 3. The van der Waals surface area contributed by atoms with Crippen LogP contribution in [0.25, 0.3) is 10.2 Å². The Morgan fingerprint density at radius 2 is 1.40 bits per heavy atom. The number of H-pyrrole nitrogens is 1. The number of carboxylic acid groups (broad SMARTS) is 2. The van der Waals surface area contributed by atoms with Crippen molar-refractivity contribution in [3.63, 3.8) is 0 Å². The highest BCUT2D eigenvalue weighted by Crippen LogP contribution is 2.28. The van der Waals surface area contributed by atoms with Crippen molar-refractivity contribution in [3.05, 3.63) is 62.8 Å². The fraction of sp³-hybridized carbons (Fsp3) is 0.500. The zero-order valence-corrected chi connectivity index (χ0v) is 28.3. The molecule has 52 heavy (non-hydrogen) atoms. The molecule has 0 unspecified atom stereocenters. The number of aromatic amines is 1. The number of alkyl halides is 6. The molecular weight excluding hydrogens is 736 g/mol. The molecule has 0 saturated heterocycles. The first-order valence-corrected chi connectivity index (χ1v) is 16.7. The van der Waals surface area contributed by atoms with Gasteiger partial charge in [-0.15, -0.1) is 0 Å². The molecule has 0 atom stereocenters. The number of aromatic hydroxyl groups is 1. The molecule has 2 aromatic carbocycles. The van der Waals surface area contributed by atoms with Gasteiger partial charge < -0.3 is 35.8 Å². The second-order valence-electron chi connectivity index (χ2n) is 11.4. The van der Waals surface area contributed by atoms with Gasteiger partial charge in [0.05, 0.1) is 4.70 Å². The highest BCUT2D eigenvalue weighted by molar-refractivity contribution is 7.16. The molecule has 1 aliphatic rings. The van der Waals surface area contributed by atoms with Crippen LogP contribution in [0.5, 0.6) is 5.75 Å². The Labute approximate surface area is 295 Å². The molecule has 6 N–H and O–H groups in total. The normalized spacial score (nSPS) is 13.5. The van der Waals surface area contributed by atoms with Gasteiger partial charge in [-0.2, -0.15) is 26.3 Å². The second-order valence-corrected chi connectivity index (χ2v) is 12.4. The van der Waals surface area contributed by atoms with E-state index in [4.69, 9.17) is 19.8 Å². The lowest BCUT2D eigenvalue weighted by Crippen LogP contribution is -2.45. The Hall–Kier alpha value is -4.30. The van der Waals surface area contributed by atoms with Crippen LogP contribution in [-0.4, -0.2) is 94.2 Å². The van der Waals surface area contributed by atoms with Crippen molar-refractivity contribution in [2.24, 2.45) is 0 Å². The third kappa shape index (κ3) is 15.1. The molecule has 0 bridgehead atoms. The monoisotopic (exact) mass is 774 g/mol. The third-order valence-electron chi connectivity index (χ3n) is 7.65. The average Bonchev–Trinajstić information content (AvgIpc) is 3.47. The van der Waals surface area contributed by atoms with Crippen LogP contribution in [0.1, 0.15) is 49.7 Å². The van der Waals surface area contributed by atoms with E-state index in [0.717, 1.165) is 58.9 Å². The quantitative estimate of drug-likeness (QED) is 0.0989. The minimum atomic E-state index is -5.08. The van der Waals surface area contributed by atoms with E-state index in [0.29, 0.717) is 57.5 Å². The first-order chi connectivity index (χ1) is 24.3. The number of carbonyl (C=O) groups is 3. The van der Waals surface area contributed by atoms with E-state index in [1.54, 1.807) is 12.1 Å². The molecule has 11 nitrogen and oxygen atoms in total. The third-order valence-corrected chi connectivity index (χ3v) is 8.61. The highest BCUT2D eigenvalue weighted by Gasteiger charge is 2.39.